The Kier molecular flexibility index (Phi) is 7.55. The summed E-state index contributed by atoms with van der Waals surface area (Å²) in [5, 5.41) is 23.3. The predicted molar refractivity (Wildman–Crippen MR) is 82.7 cm³/mol. The Morgan fingerprint density at radius 1 is 1.13 bits per heavy atom. The highest BCUT2D eigenvalue weighted by atomic mass is 16.4. The van der Waals surface area contributed by atoms with Gasteiger partial charge in [-0.1, -0.05) is 12.1 Å². The number of rotatable bonds is 9. The van der Waals surface area contributed by atoms with Gasteiger partial charge in [0, 0.05) is 19.4 Å². The highest BCUT2D eigenvalue weighted by Crippen LogP contribution is 2.11. The van der Waals surface area contributed by atoms with Crippen molar-refractivity contribution in [1.29, 1.82) is 0 Å². The summed E-state index contributed by atoms with van der Waals surface area (Å²) in [6.07, 6.45) is 0.610. The van der Waals surface area contributed by atoms with E-state index in [9.17, 15) is 24.6 Å². The normalized spacial score (nSPS) is 11.5. The maximum absolute atomic E-state index is 11.8. The van der Waals surface area contributed by atoms with Gasteiger partial charge in [-0.25, -0.2) is 4.79 Å². The van der Waals surface area contributed by atoms with Crippen molar-refractivity contribution >= 4 is 17.8 Å². The SMILES string of the molecule is NCC(=O)NCCCC(=O)N[C@@H](Cc1ccc(O)cc1)C(=O)O. The first-order valence-corrected chi connectivity index (χ1v) is 7.19. The van der Waals surface area contributed by atoms with Gasteiger partial charge >= 0.3 is 5.97 Å². The number of nitrogens with one attached hydrogen (secondary N) is 2. The molecule has 0 heterocycles. The van der Waals surface area contributed by atoms with E-state index in [-0.39, 0.29) is 31.0 Å². The molecule has 1 aromatic carbocycles. The van der Waals surface area contributed by atoms with Crippen LogP contribution in [0.25, 0.3) is 0 Å². The molecule has 1 atom stereocenters. The maximum Gasteiger partial charge on any atom is 0.326 e. The molecule has 1 rings (SSSR count). The molecule has 1 aromatic rings. The zero-order chi connectivity index (χ0) is 17.2. The number of carbonyl (C=O) groups excluding carboxylic acids is 2. The largest absolute Gasteiger partial charge is 0.508 e. The minimum absolute atomic E-state index is 0.0872. The fourth-order valence-electron chi connectivity index (χ4n) is 1.88. The van der Waals surface area contributed by atoms with E-state index < -0.39 is 17.9 Å². The van der Waals surface area contributed by atoms with Gasteiger partial charge in [-0.2, -0.15) is 0 Å². The second kappa shape index (κ2) is 9.42. The Morgan fingerprint density at radius 2 is 1.78 bits per heavy atom. The smallest absolute Gasteiger partial charge is 0.326 e. The van der Waals surface area contributed by atoms with E-state index in [1.54, 1.807) is 12.1 Å². The maximum atomic E-state index is 11.8. The summed E-state index contributed by atoms with van der Waals surface area (Å²) in [5.74, 6) is -1.76. The fraction of sp³-hybridized carbons (Fsp3) is 0.400. The monoisotopic (exact) mass is 323 g/mol. The van der Waals surface area contributed by atoms with Gasteiger partial charge in [0.1, 0.15) is 11.8 Å². The Bertz CT molecular complexity index is 545. The van der Waals surface area contributed by atoms with Crippen LogP contribution in [0.15, 0.2) is 24.3 Å². The molecule has 0 spiro atoms. The second-order valence-electron chi connectivity index (χ2n) is 4.99. The van der Waals surface area contributed by atoms with E-state index in [4.69, 9.17) is 5.73 Å². The van der Waals surface area contributed by atoms with Gasteiger partial charge in [0.15, 0.2) is 0 Å². The van der Waals surface area contributed by atoms with Crippen molar-refractivity contribution in [3.05, 3.63) is 29.8 Å². The summed E-state index contributed by atoms with van der Waals surface area (Å²) in [4.78, 5) is 33.9. The van der Waals surface area contributed by atoms with Crippen LogP contribution in [0.2, 0.25) is 0 Å². The number of carbonyl (C=O) groups is 3. The third kappa shape index (κ3) is 7.28. The highest BCUT2D eigenvalue weighted by Gasteiger charge is 2.20. The highest BCUT2D eigenvalue weighted by molar-refractivity contribution is 5.83. The molecule has 0 saturated carbocycles. The third-order valence-corrected chi connectivity index (χ3v) is 3.10. The second-order valence-corrected chi connectivity index (χ2v) is 4.99. The topological polar surface area (TPSA) is 142 Å². The van der Waals surface area contributed by atoms with Crippen molar-refractivity contribution in [2.24, 2.45) is 5.73 Å². The summed E-state index contributed by atoms with van der Waals surface area (Å²) in [6.45, 7) is 0.194. The van der Waals surface area contributed by atoms with Gasteiger partial charge in [-0.15, -0.1) is 0 Å². The number of carboxylic acids is 1. The summed E-state index contributed by atoms with van der Waals surface area (Å²) < 4.78 is 0. The first-order valence-electron chi connectivity index (χ1n) is 7.19. The van der Waals surface area contributed by atoms with Crippen LogP contribution in [0.3, 0.4) is 0 Å². The van der Waals surface area contributed by atoms with Crippen LogP contribution in [0.5, 0.6) is 5.75 Å². The zero-order valence-electron chi connectivity index (χ0n) is 12.6. The van der Waals surface area contributed by atoms with Crippen LogP contribution in [0.4, 0.5) is 0 Å². The van der Waals surface area contributed by atoms with Gasteiger partial charge < -0.3 is 26.6 Å². The molecule has 0 unspecified atom stereocenters. The lowest BCUT2D eigenvalue weighted by Gasteiger charge is -2.15. The van der Waals surface area contributed by atoms with Gasteiger partial charge in [0.25, 0.3) is 0 Å². The van der Waals surface area contributed by atoms with E-state index >= 15 is 0 Å². The van der Waals surface area contributed by atoms with E-state index in [1.165, 1.54) is 12.1 Å². The van der Waals surface area contributed by atoms with Crippen LogP contribution in [0.1, 0.15) is 18.4 Å². The van der Waals surface area contributed by atoms with Crippen molar-refractivity contribution in [3.63, 3.8) is 0 Å². The number of amides is 2. The molecule has 0 radical (unpaired) electrons. The fourth-order valence-corrected chi connectivity index (χ4v) is 1.88. The van der Waals surface area contributed by atoms with Gasteiger partial charge in [-0.3, -0.25) is 9.59 Å². The van der Waals surface area contributed by atoms with Crippen molar-refractivity contribution in [2.75, 3.05) is 13.1 Å². The van der Waals surface area contributed by atoms with E-state index in [2.05, 4.69) is 10.6 Å². The molecule has 0 fully saturated rings. The molecule has 0 aliphatic rings. The lowest BCUT2D eigenvalue weighted by Crippen LogP contribution is -2.42. The average Bonchev–Trinajstić information content (AvgIpc) is 2.52. The van der Waals surface area contributed by atoms with Gasteiger partial charge in [-0.05, 0) is 24.1 Å². The molecular weight excluding hydrogens is 302 g/mol. The van der Waals surface area contributed by atoms with Crippen LogP contribution < -0.4 is 16.4 Å². The summed E-state index contributed by atoms with van der Waals surface area (Å²) in [7, 11) is 0. The Hall–Kier alpha value is -2.61. The molecule has 8 nitrogen and oxygen atoms in total. The zero-order valence-corrected chi connectivity index (χ0v) is 12.6. The molecule has 0 aromatic heterocycles. The quantitative estimate of drug-likeness (QED) is 0.383. The predicted octanol–water partition coefficient (Wildman–Crippen LogP) is -0.641. The number of hydrogen-bond acceptors (Lipinski definition) is 5. The molecule has 23 heavy (non-hydrogen) atoms. The summed E-state index contributed by atoms with van der Waals surface area (Å²) in [6, 6.07) is 5.05. The molecule has 2 amide bonds. The first-order chi connectivity index (χ1) is 10.9. The standard InChI is InChI=1S/C15H21N3O5/c16-9-14(21)17-7-1-2-13(20)18-12(15(22)23)8-10-3-5-11(19)6-4-10/h3-6,12,19H,1-2,7-9,16H2,(H,17,21)(H,18,20)(H,22,23)/t12-/m0/s1. The number of hydrogen-bond donors (Lipinski definition) is 5. The lowest BCUT2D eigenvalue weighted by atomic mass is 10.1. The number of aromatic hydroxyl groups is 1. The number of nitrogens with two attached hydrogens (primary N) is 1. The Morgan fingerprint density at radius 3 is 2.35 bits per heavy atom. The lowest BCUT2D eigenvalue weighted by molar-refractivity contribution is -0.141. The van der Waals surface area contributed by atoms with E-state index in [0.29, 0.717) is 18.5 Å². The molecular formula is C15H21N3O5. The van der Waals surface area contributed by atoms with Crippen LogP contribution in [-0.4, -0.2) is 47.1 Å². The summed E-state index contributed by atoms with van der Waals surface area (Å²) >= 11 is 0. The number of phenols is 1. The minimum Gasteiger partial charge on any atom is -0.508 e. The average molecular weight is 323 g/mol. The molecule has 126 valence electrons. The van der Waals surface area contributed by atoms with Gasteiger partial charge in [0.2, 0.25) is 11.8 Å². The Labute approximate surface area is 133 Å². The summed E-state index contributed by atoms with van der Waals surface area (Å²) in [5.41, 5.74) is 5.81. The molecule has 0 saturated heterocycles. The number of aliphatic carboxylic acids is 1. The molecule has 8 heteroatoms. The Balaban J connectivity index is 2.43. The van der Waals surface area contributed by atoms with E-state index in [0.717, 1.165) is 0 Å². The molecule has 6 N–H and O–H groups in total. The number of carboxylic acid groups (broad SMARTS) is 1. The van der Waals surface area contributed by atoms with E-state index in [1.807, 2.05) is 0 Å². The van der Waals surface area contributed by atoms with Gasteiger partial charge in [0.05, 0.1) is 6.54 Å². The van der Waals surface area contributed by atoms with Crippen molar-refractivity contribution in [3.8, 4) is 5.75 Å². The number of benzene rings is 1. The van der Waals surface area contributed by atoms with Crippen molar-refractivity contribution < 1.29 is 24.6 Å². The molecule has 0 aliphatic heterocycles. The molecule has 0 aliphatic carbocycles. The minimum atomic E-state index is -1.14. The van der Waals surface area contributed by atoms with Crippen LogP contribution in [-0.2, 0) is 20.8 Å². The number of phenolic OH excluding ortho intramolecular Hbond substituents is 1. The first kappa shape index (κ1) is 18.4. The van der Waals surface area contributed by atoms with Crippen molar-refractivity contribution in [2.45, 2.75) is 25.3 Å². The third-order valence-electron chi connectivity index (χ3n) is 3.10. The van der Waals surface area contributed by atoms with Crippen LogP contribution >= 0.6 is 0 Å². The van der Waals surface area contributed by atoms with Crippen LogP contribution in [0, 0.1) is 0 Å². The van der Waals surface area contributed by atoms with Crippen molar-refractivity contribution in [1.82, 2.24) is 10.6 Å². The molecule has 0 bridgehead atoms.